The Labute approximate surface area is 121 Å². The molecule has 1 heterocycles. The number of aromatic nitrogens is 2. The van der Waals surface area contributed by atoms with Gasteiger partial charge in [0, 0.05) is 11.7 Å². The van der Waals surface area contributed by atoms with Crippen LogP contribution in [0.25, 0.3) is 0 Å². The van der Waals surface area contributed by atoms with Gasteiger partial charge in [-0.15, -0.1) is 0 Å². The third kappa shape index (κ3) is 4.34. The smallest absolute Gasteiger partial charge is 0.255 e. The van der Waals surface area contributed by atoms with E-state index in [1.807, 2.05) is 25.5 Å². The molecule has 1 aromatic heterocycles. The molecule has 0 radical (unpaired) electrons. The highest BCUT2D eigenvalue weighted by Gasteiger charge is 2.22. The summed E-state index contributed by atoms with van der Waals surface area (Å²) in [5.41, 5.74) is 1.48. The number of aliphatic hydroxyl groups is 1. The van der Waals surface area contributed by atoms with Gasteiger partial charge < -0.3 is 10.4 Å². The highest BCUT2D eigenvalue weighted by Crippen LogP contribution is 2.21. The molecule has 1 unspecified atom stereocenters. The molecule has 0 saturated heterocycles. The summed E-state index contributed by atoms with van der Waals surface area (Å²) >= 11 is 0. The first kappa shape index (κ1) is 16.7. The second-order valence-electron chi connectivity index (χ2n) is 6.80. The van der Waals surface area contributed by atoms with E-state index in [9.17, 15) is 9.90 Å². The van der Waals surface area contributed by atoms with Crippen molar-refractivity contribution in [3.05, 3.63) is 17.5 Å². The van der Waals surface area contributed by atoms with Gasteiger partial charge in [0.15, 0.2) is 0 Å². The summed E-state index contributed by atoms with van der Waals surface area (Å²) in [6, 6.07) is -0.0101. The lowest BCUT2D eigenvalue weighted by Gasteiger charge is -2.25. The highest BCUT2D eigenvalue weighted by atomic mass is 16.3. The summed E-state index contributed by atoms with van der Waals surface area (Å²) in [6.07, 6.45) is 2.32. The monoisotopic (exact) mass is 281 g/mol. The standard InChI is InChI=1S/C15H27N3O2/c1-10(2)18-11(3)13(8-16-18)14(20)17-12(9-19)7-15(4,5)6/h8,10,12,19H,7,9H2,1-6H3,(H,17,20). The number of hydrogen-bond donors (Lipinski definition) is 2. The molecule has 0 fully saturated rings. The van der Waals surface area contributed by atoms with Crippen molar-refractivity contribution in [2.45, 2.75) is 60.0 Å². The maximum absolute atomic E-state index is 12.3. The number of hydrogen-bond acceptors (Lipinski definition) is 3. The minimum absolute atomic E-state index is 0.0534. The predicted molar refractivity (Wildman–Crippen MR) is 79.8 cm³/mol. The zero-order valence-corrected chi connectivity index (χ0v) is 13.4. The Hall–Kier alpha value is -1.36. The van der Waals surface area contributed by atoms with Gasteiger partial charge >= 0.3 is 0 Å². The Bertz CT molecular complexity index is 458. The van der Waals surface area contributed by atoms with Crippen molar-refractivity contribution in [3.8, 4) is 0 Å². The van der Waals surface area contributed by atoms with Crippen molar-refractivity contribution < 1.29 is 9.90 Å². The first-order chi connectivity index (χ1) is 9.15. The van der Waals surface area contributed by atoms with Crippen molar-refractivity contribution in [3.63, 3.8) is 0 Å². The molecule has 5 heteroatoms. The molecular weight excluding hydrogens is 254 g/mol. The zero-order valence-electron chi connectivity index (χ0n) is 13.4. The van der Waals surface area contributed by atoms with E-state index >= 15 is 0 Å². The van der Waals surface area contributed by atoms with E-state index in [4.69, 9.17) is 0 Å². The number of nitrogens with one attached hydrogen (secondary N) is 1. The molecule has 114 valence electrons. The van der Waals surface area contributed by atoms with E-state index < -0.39 is 0 Å². The fraction of sp³-hybridized carbons (Fsp3) is 0.733. The van der Waals surface area contributed by atoms with Crippen molar-refractivity contribution in [1.82, 2.24) is 15.1 Å². The molecule has 0 aliphatic heterocycles. The molecular formula is C15H27N3O2. The van der Waals surface area contributed by atoms with Crippen LogP contribution in [0, 0.1) is 12.3 Å². The van der Waals surface area contributed by atoms with Crippen LogP contribution < -0.4 is 5.32 Å². The average molecular weight is 281 g/mol. The maximum Gasteiger partial charge on any atom is 0.255 e. The van der Waals surface area contributed by atoms with Crippen LogP contribution in [0.4, 0.5) is 0 Å². The number of amides is 1. The molecule has 1 aromatic rings. The number of rotatable bonds is 5. The molecule has 1 amide bonds. The van der Waals surface area contributed by atoms with Crippen molar-refractivity contribution in [2.24, 2.45) is 5.41 Å². The fourth-order valence-corrected chi connectivity index (χ4v) is 2.33. The summed E-state index contributed by atoms with van der Waals surface area (Å²) in [6.45, 7) is 12.1. The van der Waals surface area contributed by atoms with E-state index in [0.717, 1.165) is 12.1 Å². The summed E-state index contributed by atoms with van der Waals surface area (Å²) in [5.74, 6) is -0.169. The molecule has 1 atom stereocenters. The van der Waals surface area contributed by atoms with Crippen LogP contribution in [0.15, 0.2) is 6.20 Å². The van der Waals surface area contributed by atoms with Gasteiger partial charge in [0.1, 0.15) is 0 Å². The van der Waals surface area contributed by atoms with Crippen LogP contribution in [0.5, 0.6) is 0 Å². The minimum Gasteiger partial charge on any atom is -0.394 e. The summed E-state index contributed by atoms with van der Waals surface area (Å²) in [7, 11) is 0. The summed E-state index contributed by atoms with van der Waals surface area (Å²) in [5, 5.41) is 16.5. The van der Waals surface area contributed by atoms with Gasteiger partial charge in [0.2, 0.25) is 0 Å². The minimum atomic E-state index is -0.232. The average Bonchev–Trinajstić information content (AvgIpc) is 2.68. The number of carbonyl (C=O) groups is 1. The van der Waals surface area contributed by atoms with Crippen LogP contribution in [0.2, 0.25) is 0 Å². The van der Waals surface area contributed by atoms with Crippen molar-refractivity contribution >= 4 is 5.91 Å². The molecule has 20 heavy (non-hydrogen) atoms. The molecule has 0 bridgehead atoms. The summed E-state index contributed by atoms with van der Waals surface area (Å²) < 4.78 is 1.83. The van der Waals surface area contributed by atoms with Gasteiger partial charge in [-0.1, -0.05) is 20.8 Å². The molecule has 2 N–H and O–H groups in total. The molecule has 1 rings (SSSR count). The number of carbonyl (C=O) groups excluding carboxylic acids is 1. The molecule has 0 aromatic carbocycles. The fourth-order valence-electron chi connectivity index (χ4n) is 2.33. The molecule has 0 aliphatic rings. The quantitative estimate of drug-likeness (QED) is 0.870. The van der Waals surface area contributed by atoms with Gasteiger partial charge in [0.25, 0.3) is 5.91 Å². The van der Waals surface area contributed by atoms with Gasteiger partial charge in [-0.05, 0) is 32.6 Å². The van der Waals surface area contributed by atoms with Crippen LogP contribution in [0.1, 0.15) is 63.1 Å². The zero-order chi connectivity index (χ0) is 15.5. The highest BCUT2D eigenvalue weighted by molar-refractivity contribution is 5.95. The largest absolute Gasteiger partial charge is 0.394 e. The third-order valence-corrected chi connectivity index (χ3v) is 3.19. The van der Waals surface area contributed by atoms with Gasteiger partial charge in [-0.2, -0.15) is 5.10 Å². The Morgan fingerprint density at radius 3 is 2.45 bits per heavy atom. The molecule has 0 spiro atoms. The van der Waals surface area contributed by atoms with E-state index in [1.165, 1.54) is 0 Å². The maximum atomic E-state index is 12.3. The van der Waals surface area contributed by atoms with Crippen molar-refractivity contribution in [2.75, 3.05) is 6.61 Å². The Balaban J connectivity index is 2.80. The molecule has 0 aliphatic carbocycles. The van der Waals surface area contributed by atoms with Crippen LogP contribution in [-0.2, 0) is 0 Å². The van der Waals surface area contributed by atoms with E-state index in [1.54, 1.807) is 6.20 Å². The topological polar surface area (TPSA) is 67.2 Å². The molecule has 5 nitrogen and oxygen atoms in total. The van der Waals surface area contributed by atoms with Crippen LogP contribution >= 0.6 is 0 Å². The first-order valence-electron chi connectivity index (χ1n) is 7.11. The predicted octanol–water partition coefficient (Wildman–Crippen LogP) is 2.30. The molecule has 0 saturated carbocycles. The van der Waals surface area contributed by atoms with Crippen LogP contribution in [-0.4, -0.2) is 33.4 Å². The van der Waals surface area contributed by atoms with Crippen LogP contribution in [0.3, 0.4) is 0 Å². The van der Waals surface area contributed by atoms with Gasteiger partial charge in [-0.25, -0.2) is 0 Å². The number of nitrogens with zero attached hydrogens (tertiary/aromatic N) is 2. The first-order valence-corrected chi connectivity index (χ1v) is 7.11. The third-order valence-electron chi connectivity index (χ3n) is 3.19. The second-order valence-corrected chi connectivity index (χ2v) is 6.80. The van der Waals surface area contributed by atoms with E-state index in [-0.39, 0.29) is 30.0 Å². The lowest BCUT2D eigenvalue weighted by atomic mass is 9.88. The SMILES string of the molecule is Cc1c(C(=O)NC(CO)CC(C)(C)C)cnn1C(C)C. The lowest BCUT2D eigenvalue weighted by Crippen LogP contribution is -2.40. The second kappa shape index (κ2) is 6.39. The summed E-state index contributed by atoms with van der Waals surface area (Å²) in [4.78, 5) is 12.3. The number of aliphatic hydroxyl groups excluding tert-OH is 1. The van der Waals surface area contributed by atoms with Gasteiger partial charge in [0.05, 0.1) is 24.4 Å². The van der Waals surface area contributed by atoms with Gasteiger partial charge in [-0.3, -0.25) is 9.48 Å². The lowest BCUT2D eigenvalue weighted by molar-refractivity contribution is 0.0897. The van der Waals surface area contributed by atoms with E-state index in [0.29, 0.717) is 5.56 Å². The Morgan fingerprint density at radius 2 is 2.05 bits per heavy atom. The van der Waals surface area contributed by atoms with Crippen molar-refractivity contribution in [1.29, 1.82) is 0 Å². The Kier molecular flexibility index (Phi) is 5.34. The Morgan fingerprint density at radius 1 is 1.45 bits per heavy atom. The normalized spacial score (nSPS) is 13.6. The van der Waals surface area contributed by atoms with E-state index in [2.05, 4.69) is 31.2 Å².